The quantitative estimate of drug-likeness (QED) is 0.328. The molecule has 4 rings (SSSR count). The fourth-order valence-corrected chi connectivity index (χ4v) is 4.37. The van der Waals surface area contributed by atoms with Crippen LogP contribution in [0.1, 0.15) is 48.1 Å². The number of benzene rings is 3. The van der Waals surface area contributed by atoms with Crippen LogP contribution >= 0.6 is 11.6 Å². The molecule has 0 bridgehead atoms. The van der Waals surface area contributed by atoms with Gasteiger partial charge in [0, 0.05) is 23.7 Å². The van der Waals surface area contributed by atoms with Gasteiger partial charge in [-0.1, -0.05) is 54.9 Å². The van der Waals surface area contributed by atoms with Crippen LogP contribution in [0.15, 0.2) is 77.6 Å². The third kappa shape index (κ3) is 4.73. The first-order valence-corrected chi connectivity index (χ1v) is 11.6. The summed E-state index contributed by atoms with van der Waals surface area (Å²) in [4.78, 5) is 33.5. The molecule has 1 aromatic heterocycles. The molecule has 174 valence electrons. The lowest BCUT2D eigenvalue weighted by molar-refractivity contribution is 0.0637. The standard InChI is InChI=1S/C27H25ClFN3O2/c1-3-24(25-30-23-16-20(28)13-14-22(23)27(34)31(25)4-2)32(17-18-9-6-5-7-10-18)26(33)19-11-8-12-21(29)15-19/h5-16,24H,3-4,17H2,1-2H3. The van der Waals surface area contributed by atoms with Gasteiger partial charge in [-0.25, -0.2) is 9.37 Å². The van der Waals surface area contributed by atoms with Crippen LogP contribution < -0.4 is 5.56 Å². The zero-order valence-electron chi connectivity index (χ0n) is 19.0. The van der Waals surface area contributed by atoms with E-state index < -0.39 is 11.9 Å². The van der Waals surface area contributed by atoms with Crippen molar-refractivity contribution in [3.05, 3.63) is 111 Å². The lowest BCUT2D eigenvalue weighted by Gasteiger charge is -2.32. The number of rotatable bonds is 7. The molecule has 0 aliphatic heterocycles. The molecule has 1 amide bonds. The van der Waals surface area contributed by atoms with Crippen molar-refractivity contribution in [3.63, 3.8) is 0 Å². The Morgan fingerprint density at radius 1 is 1.06 bits per heavy atom. The van der Waals surface area contributed by atoms with Gasteiger partial charge in [-0.2, -0.15) is 0 Å². The summed E-state index contributed by atoms with van der Waals surface area (Å²) in [6.07, 6.45) is 0.506. The van der Waals surface area contributed by atoms with Gasteiger partial charge < -0.3 is 4.90 Å². The van der Waals surface area contributed by atoms with E-state index >= 15 is 0 Å². The molecule has 0 saturated carbocycles. The number of hydrogen-bond donors (Lipinski definition) is 0. The number of hydrogen-bond acceptors (Lipinski definition) is 3. The number of nitrogens with zero attached hydrogens (tertiary/aromatic N) is 3. The van der Waals surface area contributed by atoms with Crippen molar-refractivity contribution in [1.29, 1.82) is 0 Å². The molecule has 0 aliphatic rings. The van der Waals surface area contributed by atoms with Gasteiger partial charge in [0.15, 0.2) is 0 Å². The molecule has 3 aromatic carbocycles. The zero-order chi connectivity index (χ0) is 24.2. The monoisotopic (exact) mass is 477 g/mol. The summed E-state index contributed by atoms with van der Waals surface area (Å²) in [5.41, 5.74) is 1.45. The number of halogens is 2. The summed E-state index contributed by atoms with van der Waals surface area (Å²) in [7, 11) is 0. The lowest BCUT2D eigenvalue weighted by atomic mass is 10.1. The molecule has 0 radical (unpaired) electrons. The van der Waals surface area contributed by atoms with E-state index in [1.54, 1.807) is 33.7 Å². The molecule has 1 heterocycles. The Balaban J connectivity index is 1.89. The molecule has 0 saturated heterocycles. The van der Waals surface area contributed by atoms with E-state index in [9.17, 15) is 14.0 Å². The highest BCUT2D eigenvalue weighted by atomic mass is 35.5. The number of aromatic nitrogens is 2. The van der Waals surface area contributed by atoms with Gasteiger partial charge in [-0.3, -0.25) is 14.2 Å². The largest absolute Gasteiger partial charge is 0.324 e. The first kappa shape index (κ1) is 23.6. The van der Waals surface area contributed by atoms with Crippen molar-refractivity contribution < 1.29 is 9.18 Å². The number of fused-ring (bicyclic) bond motifs is 1. The predicted molar refractivity (Wildman–Crippen MR) is 132 cm³/mol. The van der Waals surface area contributed by atoms with E-state index in [2.05, 4.69) is 0 Å². The number of carbonyl (C=O) groups excluding carboxylic acids is 1. The van der Waals surface area contributed by atoms with Gasteiger partial charge in [0.2, 0.25) is 0 Å². The average Bonchev–Trinajstić information content (AvgIpc) is 2.84. The topological polar surface area (TPSA) is 55.2 Å². The highest BCUT2D eigenvalue weighted by molar-refractivity contribution is 6.31. The van der Waals surface area contributed by atoms with Crippen LogP contribution in [-0.4, -0.2) is 20.4 Å². The fourth-order valence-electron chi connectivity index (χ4n) is 4.20. The van der Waals surface area contributed by atoms with E-state index in [0.29, 0.717) is 34.7 Å². The maximum absolute atomic E-state index is 14.0. The Morgan fingerprint density at radius 2 is 1.82 bits per heavy atom. The molecule has 5 nitrogen and oxygen atoms in total. The van der Waals surface area contributed by atoms with E-state index in [0.717, 1.165) is 5.56 Å². The van der Waals surface area contributed by atoms with Crippen LogP contribution in [0.3, 0.4) is 0 Å². The van der Waals surface area contributed by atoms with Crippen molar-refractivity contribution in [3.8, 4) is 0 Å². The second-order valence-electron chi connectivity index (χ2n) is 8.03. The molecule has 0 spiro atoms. The second kappa shape index (κ2) is 10.2. The van der Waals surface area contributed by atoms with Crippen molar-refractivity contribution in [2.75, 3.05) is 0 Å². The van der Waals surface area contributed by atoms with Crippen molar-refractivity contribution in [2.45, 2.75) is 39.4 Å². The maximum Gasteiger partial charge on any atom is 0.261 e. The van der Waals surface area contributed by atoms with E-state index in [4.69, 9.17) is 16.6 Å². The Bertz CT molecular complexity index is 1390. The number of carbonyl (C=O) groups is 1. The van der Waals surface area contributed by atoms with Gasteiger partial charge in [-0.05, 0) is 55.3 Å². The lowest BCUT2D eigenvalue weighted by Crippen LogP contribution is -2.38. The molecule has 4 aromatic rings. The van der Waals surface area contributed by atoms with Crippen LogP contribution in [0.4, 0.5) is 4.39 Å². The van der Waals surface area contributed by atoms with E-state index in [-0.39, 0.29) is 23.6 Å². The van der Waals surface area contributed by atoms with E-state index in [1.165, 1.54) is 18.2 Å². The molecule has 0 fully saturated rings. The summed E-state index contributed by atoms with van der Waals surface area (Å²) in [5.74, 6) is -0.341. The van der Waals surface area contributed by atoms with Crippen molar-refractivity contribution >= 4 is 28.4 Å². The molecule has 0 N–H and O–H groups in total. The highest BCUT2D eigenvalue weighted by Gasteiger charge is 2.29. The van der Waals surface area contributed by atoms with Gasteiger partial charge in [-0.15, -0.1) is 0 Å². The average molecular weight is 478 g/mol. The van der Waals surface area contributed by atoms with E-state index in [1.807, 2.05) is 44.2 Å². The first-order valence-electron chi connectivity index (χ1n) is 11.2. The molecule has 0 aliphatic carbocycles. The van der Waals surface area contributed by atoms with Crippen LogP contribution in [-0.2, 0) is 13.1 Å². The highest BCUT2D eigenvalue weighted by Crippen LogP contribution is 2.28. The number of amides is 1. The summed E-state index contributed by atoms with van der Waals surface area (Å²) >= 11 is 6.18. The second-order valence-corrected chi connectivity index (χ2v) is 8.47. The SMILES string of the molecule is CCC(c1nc2cc(Cl)ccc2c(=O)n1CC)N(Cc1ccccc1)C(=O)c1cccc(F)c1. The maximum atomic E-state index is 14.0. The smallest absolute Gasteiger partial charge is 0.261 e. The van der Waals surface area contributed by atoms with Gasteiger partial charge >= 0.3 is 0 Å². The molecule has 1 unspecified atom stereocenters. The third-order valence-corrected chi connectivity index (χ3v) is 6.09. The molecule has 7 heteroatoms. The first-order chi connectivity index (χ1) is 16.4. The molecular formula is C27H25ClFN3O2. The Morgan fingerprint density at radius 3 is 2.50 bits per heavy atom. The Kier molecular flexibility index (Phi) is 7.08. The van der Waals surface area contributed by atoms with Crippen LogP contribution in [0.5, 0.6) is 0 Å². The van der Waals surface area contributed by atoms with Crippen LogP contribution in [0.2, 0.25) is 5.02 Å². The Hall–Kier alpha value is -3.51. The predicted octanol–water partition coefficient (Wildman–Crippen LogP) is 6.00. The van der Waals surface area contributed by atoms with Crippen LogP contribution in [0.25, 0.3) is 10.9 Å². The van der Waals surface area contributed by atoms with Gasteiger partial charge in [0.05, 0.1) is 16.9 Å². The van der Waals surface area contributed by atoms with Gasteiger partial charge in [0.1, 0.15) is 11.6 Å². The molecule has 1 atom stereocenters. The van der Waals surface area contributed by atoms with Crippen molar-refractivity contribution in [2.24, 2.45) is 0 Å². The zero-order valence-corrected chi connectivity index (χ0v) is 19.8. The fraction of sp³-hybridized carbons (Fsp3) is 0.222. The summed E-state index contributed by atoms with van der Waals surface area (Å²) in [6.45, 7) is 4.48. The normalized spacial score (nSPS) is 12.0. The third-order valence-electron chi connectivity index (χ3n) is 5.85. The minimum atomic E-state index is -0.521. The van der Waals surface area contributed by atoms with Gasteiger partial charge in [0.25, 0.3) is 11.5 Å². The molecular weight excluding hydrogens is 453 g/mol. The summed E-state index contributed by atoms with van der Waals surface area (Å²) < 4.78 is 15.6. The minimum absolute atomic E-state index is 0.185. The summed E-state index contributed by atoms with van der Waals surface area (Å²) in [5, 5.41) is 0.945. The van der Waals surface area contributed by atoms with Crippen LogP contribution in [0, 0.1) is 5.82 Å². The van der Waals surface area contributed by atoms with Crippen molar-refractivity contribution in [1.82, 2.24) is 14.5 Å². The minimum Gasteiger partial charge on any atom is -0.324 e. The summed E-state index contributed by atoms with van der Waals surface area (Å²) in [6, 6.07) is 19.7. The Labute approximate surface area is 202 Å². The molecule has 34 heavy (non-hydrogen) atoms.